The Balaban J connectivity index is 0.000000465. The van der Waals surface area contributed by atoms with Crippen molar-refractivity contribution in [2.45, 2.75) is 38.5 Å². The quantitative estimate of drug-likeness (QED) is 0.580. The van der Waals surface area contributed by atoms with Crippen LogP contribution >= 0.6 is 11.6 Å². The lowest BCUT2D eigenvalue weighted by atomic mass is 10.0. The van der Waals surface area contributed by atoms with E-state index in [-0.39, 0.29) is 34.6 Å². The van der Waals surface area contributed by atoms with Crippen LogP contribution in [0.25, 0.3) is 0 Å². The Morgan fingerprint density at radius 2 is 1.78 bits per heavy atom. The zero-order valence-electron chi connectivity index (χ0n) is 14.2. The van der Waals surface area contributed by atoms with E-state index in [9.17, 15) is 31.4 Å². The summed E-state index contributed by atoms with van der Waals surface area (Å²) in [5.41, 5.74) is 0.965. The van der Waals surface area contributed by atoms with Crippen molar-refractivity contribution in [3.05, 3.63) is 57.9 Å². The molecule has 1 aliphatic carbocycles. The molecule has 0 bridgehead atoms. The molecule has 2 nitrogen and oxygen atoms in total. The Labute approximate surface area is 156 Å². The summed E-state index contributed by atoms with van der Waals surface area (Å²) >= 11 is 5.75. The van der Waals surface area contributed by atoms with Gasteiger partial charge >= 0.3 is 6.18 Å². The number of rotatable bonds is 2. The number of aryl methyl sites for hydroxylation is 1. The van der Waals surface area contributed by atoms with Gasteiger partial charge in [-0.2, -0.15) is 13.2 Å². The van der Waals surface area contributed by atoms with Crippen molar-refractivity contribution in [2.24, 2.45) is 0 Å². The van der Waals surface area contributed by atoms with E-state index in [0.29, 0.717) is 5.56 Å². The lowest BCUT2D eigenvalue weighted by Crippen LogP contribution is -2.21. The van der Waals surface area contributed by atoms with Crippen molar-refractivity contribution in [1.82, 2.24) is 0 Å². The number of halogens is 7. The minimum absolute atomic E-state index is 0.112. The first-order chi connectivity index (χ1) is 12.3. The molecule has 3 rings (SSSR count). The molecular weight excluding hydrogens is 398 g/mol. The summed E-state index contributed by atoms with van der Waals surface area (Å²) in [6.45, 7) is 1.83. The van der Waals surface area contributed by atoms with Crippen molar-refractivity contribution < 1.29 is 36.2 Å². The number of ether oxygens (including phenoxy) is 1. The van der Waals surface area contributed by atoms with Crippen LogP contribution in [0.5, 0.6) is 11.5 Å². The molecule has 27 heavy (non-hydrogen) atoms. The molecule has 0 spiro atoms. The minimum Gasteiger partial charge on any atom is -0.457 e. The second-order valence-electron chi connectivity index (χ2n) is 6.10. The van der Waals surface area contributed by atoms with Crippen molar-refractivity contribution in [3.63, 3.8) is 0 Å². The van der Waals surface area contributed by atoms with E-state index in [2.05, 4.69) is 0 Å². The van der Waals surface area contributed by atoms with Gasteiger partial charge in [0.15, 0.2) is 0 Å². The van der Waals surface area contributed by atoms with Crippen LogP contribution in [0, 0.1) is 12.7 Å². The van der Waals surface area contributed by atoms with Crippen molar-refractivity contribution >= 4 is 11.6 Å². The summed E-state index contributed by atoms with van der Waals surface area (Å²) in [6, 6.07) is 6.73. The predicted octanol–water partition coefficient (Wildman–Crippen LogP) is 6.37. The van der Waals surface area contributed by atoms with Gasteiger partial charge in [0.1, 0.15) is 23.4 Å². The van der Waals surface area contributed by atoms with Crippen LogP contribution in [0.2, 0.25) is 5.02 Å². The maximum atomic E-state index is 13.8. The highest BCUT2D eigenvalue weighted by molar-refractivity contribution is 6.30. The monoisotopic (exact) mass is 412 g/mol. The fourth-order valence-corrected chi connectivity index (χ4v) is 2.89. The molecular formula is C18H15ClF6O2. The Kier molecular flexibility index (Phi) is 6.01. The van der Waals surface area contributed by atoms with Crippen LogP contribution in [0.15, 0.2) is 30.3 Å². The predicted molar refractivity (Wildman–Crippen MR) is 88.0 cm³/mol. The first kappa shape index (κ1) is 21.4. The van der Waals surface area contributed by atoms with E-state index >= 15 is 0 Å². The Bertz CT molecular complexity index is 809. The minimum atomic E-state index is -4.00. The Morgan fingerprint density at radius 1 is 1.19 bits per heavy atom. The molecule has 0 saturated carbocycles. The van der Waals surface area contributed by atoms with Gasteiger partial charge in [0.05, 0.1) is 0 Å². The fraction of sp³-hybridized carbons (Fsp3) is 0.333. The molecule has 0 aliphatic heterocycles. The summed E-state index contributed by atoms with van der Waals surface area (Å²) in [5, 5.41) is 9.92. The van der Waals surface area contributed by atoms with E-state index in [1.807, 2.05) is 0 Å². The molecule has 1 atom stereocenters. The third-order valence-electron chi connectivity index (χ3n) is 3.68. The first-order valence-corrected chi connectivity index (χ1v) is 8.04. The molecule has 0 heterocycles. The van der Waals surface area contributed by atoms with Gasteiger partial charge in [-0.1, -0.05) is 17.7 Å². The average molecular weight is 413 g/mol. The molecule has 0 aromatic heterocycles. The summed E-state index contributed by atoms with van der Waals surface area (Å²) in [4.78, 5) is 0. The number of hydrogen-bond donors (Lipinski definition) is 1. The summed E-state index contributed by atoms with van der Waals surface area (Å²) < 4.78 is 77.4. The normalized spacial score (nSPS) is 17.8. The average Bonchev–Trinajstić information content (AvgIpc) is 2.71. The van der Waals surface area contributed by atoms with Crippen molar-refractivity contribution in [3.8, 4) is 11.5 Å². The van der Waals surface area contributed by atoms with Gasteiger partial charge in [-0.3, -0.25) is 0 Å². The molecule has 1 unspecified atom stereocenters. The van der Waals surface area contributed by atoms with Crippen LogP contribution in [-0.4, -0.2) is 17.2 Å². The number of aliphatic hydroxyl groups is 1. The van der Waals surface area contributed by atoms with Crippen LogP contribution in [-0.2, 0) is 6.42 Å². The van der Waals surface area contributed by atoms with E-state index in [1.54, 1.807) is 13.0 Å². The zero-order chi connectivity index (χ0) is 20.6. The lowest BCUT2D eigenvalue weighted by molar-refractivity contribution is -0.110. The number of hydrogen-bond acceptors (Lipinski definition) is 2. The van der Waals surface area contributed by atoms with Gasteiger partial charge in [0.2, 0.25) is 0 Å². The smallest absolute Gasteiger partial charge is 0.386 e. The summed E-state index contributed by atoms with van der Waals surface area (Å²) in [5.74, 6) is -3.55. The van der Waals surface area contributed by atoms with E-state index < -0.39 is 30.4 Å². The van der Waals surface area contributed by atoms with Gasteiger partial charge in [-0.15, -0.1) is 0 Å². The summed E-state index contributed by atoms with van der Waals surface area (Å²) in [6.07, 6.45) is -6.48. The standard InChI is InChI=1S/C16H12ClF3O2.C2H3F3/c1-8-2-3-13(12-7-16(19,20)15(21)14(8)12)22-11-5-9(17)4-10(18)6-11;1-2(3,4)5/h2-6,15,21H,7H2,1H3;1H3. The van der Waals surface area contributed by atoms with Crippen molar-refractivity contribution in [1.29, 1.82) is 0 Å². The largest absolute Gasteiger partial charge is 0.457 e. The number of aliphatic hydroxyl groups excluding tert-OH is 1. The third-order valence-corrected chi connectivity index (χ3v) is 3.90. The summed E-state index contributed by atoms with van der Waals surface area (Å²) in [7, 11) is 0. The van der Waals surface area contributed by atoms with Crippen LogP contribution in [0.3, 0.4) is 0 Å². The Morgan fingerprint density at radius 3 is 2.33 bits per heavy atom. The van der Waals surface area contributed by atoms with Gasteiger partial charge < -0.3 is 9.84 Å². The maximum absolute atomic E-state index is 13.8. The van der Waals surface area contributed by atoms with E-state index in [0.717, 1.165) is 12.1 Å². The topological polar surface area (TPSA) is 29.5 Å². The third kappa shape index (κ3) is 5.52. The SMILES string of the molecule is CC(F)(F)F.Cc1ccc(Oc2cc(F)cc(Cl)c2)c2c1C(O)C(F)(F)C2. The zero-order valence-corrected chi connectivity index (χ0v) is 14.9. The number of alkyl halides is 5. The molecule has 148 valence electrons. The highest BCUT2D eigenvalue weighted by Gasteiger charge is 2.48. The highest BCUT2D eigenvalue weighted by Crippen LogP contribution is 2.48. The fourth-order valence-electron chi connectivity index (χ4n) is 2.68. The molecule has 0 saturated heterocycles. The second kappa shape index (κ2) is 7.59. The lowest BCUT2D eigenvalue weighted by Gasteiger charge is -2.14. The molecule has 1 N–H and O–H groups in total. The molecule has 2 aromatic carbocycles. The van der Waals surface area contributed by atoms with Gasteiger partial charge in [0.25, 0.3) is 5.92 Å². The van der Waals surface area contributed by atoms with Gasteiger partial charge in [-0.05, 0) is 36.2 Å². The molecule has 9 heteroatoms. The van der Waals surface area contributed by atoms with E-state index in [1.165, 1.54) is 12.1 Å². The van der Waals surface area contributed by atoms with Crippen molar-refractivity contribution in [2.75, 3.05) is 0 Å². The maximum Gasteiger partial charge on any atom is 0.386 e. The molecule has 0 amide bonds. The van der Waals surface area contributed by atoms with Crippen LogP contribution in [0.1, 0.15) is 29.7 Å². The first-order valence-electron chi connectivity index (χ1n) is 7.67. The van der Waals surface area contributed by atoms with Gasteiger partial charge in [-0.25, -0.2) is 13.2 Å². The Hall–Kier alpha value is -1.93. The van der Waals surface area contributed by atoms with Crippen LogP contribution < -0.4 is 4.74 Å². The highest BCUT2D eigenvalue weighted by atomic mass is 35.5. The second-order valence-corrected chi connectivity index (χ2v) is 6.54. The van der Waals surface area contributed by atoms with Crippen LogP contribution in [0.4, 0.5) is 26.3 Å². The molecule has 1 aliphatic rings. The number of fused-ring (bicyclic) bond motifs is 1. The van der Waals surface area contributed by atoms with Gasteiger partial charge in [0, 0.05) is 30.0 Å². The molecule has 0 radical (unpaired) electrons. The molecule has 0 fully saturated rings. The molecule has 2 aromatic rings. The number of benzene rings is 2. The van der Waals surface area contributed by atoms with E-state index in [4.69, 9.17) is 16.3 Å².